The highest BCUT2D eigenvalue weighted by molar-refractivity contribution is 5.40. The van der Waals surface area contributed by atoms with Gasteiger partial charge in [0.25, 0.3) is 0 Å². The standard InChI is InChI=1S/C19H24N6/c1-16-21-7-10-24(16)13-18-3-2-8-25(14-18)19-5-4-17(11-22-19)12-23-9-6-20-15-23/h4-7,9-11,15,18H,2-3,8,12-14H2,1H3/t18-/m1/s1. The van der Waals surface area contributed by atoms with Gasteiger partial charge in [0.2, 0.25) is 0 Å². The molecule has 0 aromatic carbocycles. The van der Waals surface area contributed by atoms with Crippen molar-refractivity contribution >= 4 is 5.82 Å². The molecule has 0 bridgehead atoms. The van der Waals surface area contributed by atoms with Gasteiger partial charge in [0.15, 0.2) is 0 Å². The van der Waals surface area contributed by atoms with Crippen molar-refractivity contribution in [3.8, 4) is 0 Å². The molecule has 1 atom stereocenters. The molecule has 130 valence electrons. The molecule has 1 fully saturated rings. The van der Waals surface area contributed by atoms with Crippen LogP contribution in [-0.4, -0.2) is 37.2 Å². The lowest BCUT2D eigenvalue weighted by atomic mass is 9.98. The van der Waals surface area contributed by atoms with Crippen LogP contribution in [0, 0.1) is 12.8 Å². The number of imidazole rings is 2. The molecular weight excluding hydrogens is 312 g/mol. The molecule has 25 heavy (non-hydrogen) atoms. The molecule has 1 saturated heterocycles. The summed E-state index contributed by atoms with van der Waals surface area (Å²) in [5, 5.41) is 0. The molecule has 0 aliphatic carbocycles. The number of piperidine rings is 1. The Hall–Kier alpha value is -2.63. The van der Waals surface area contributed by atoms with Crippen molar-refractivity contribution in [1.82, 2.24) is 24.1 Å². The van der Waals surface area contributed by atoms with Crippen molar-refractivity contribution in [2.45, 2.75) is 32.9 Å². The second-order valence-corrected chi connectivity index (χ2v) is 6.84. The van der Waals surface area contributed by atoms with E-state index in [1.807, 2.05) is 24.9 Å². The van der Waals surface area contributed by atoms with Crippen LogP contribution >= 0.6 is 0 Å². The van der Waals surface area contributed by atoms with Crippen molar-refractivity contribution in [3.63, 3.8) is 0 Å². The minimum Gasteiger partial charge on any atom is -0.356 e. The molecule has 1 aliphatic rings. The highest BCUT2D eigenvalue weighted by atomic mass is 15.2. The maximum absolute atomic E-state index is 4.70. The Morgan fingerprint density at radius 3 is 2.84 bits per heavy atom. The Bertz CT molecular complexity index is 790. The van der Waals surface area contributed by atoms with Gasteiger partial charge in [-0.2, -0.15) is 0 Å². The maximum Gasteiger partial charge on any atom is 0.128 e. The fraction of sp³-hybridized carbons (Fsp3) is 0.421. The van der Waals surface area contributed by atoms with Gasteiger partial charge in [-0.15, -0.1) is 0 Å². The summed E-state index contributed by atoms with van der Waals surface area (Å²) in [7, 11) is 0. The summed E-state index contributed by atoms with van der Waals surface area (Å²) in [4.78, 5) is 15.5. The summed E-state index contributed by atoms with van der Waals surface area (Å²) in [6.07, 6.45) is 14.1. The lowest BCUT2D eigenvalue weighted by Crippen LogP contribution is -2.37. The SMILES string of the molecule is Cc1nccn1C[C@H]1CCCN(c2ccc(Cn3ccnc3)cn2)C1. The highest BCUT2D eigenvalue weighted by Crippen LogP contribution is 2.23. The number of hydrogen-bond donors (Lipinski definition) is 0. The van der Waals surface area contributed by atoms with Crippen molar-refractivity contribution in [2.24, 2.45) is 5.92 Å². The minimum atomic E-state index is 0.647. The summed E-state index contributed by atoms with van der Waals surface area (Å²) >= 11 is 0. The molecule has 0 saturated carbocycles. The van der Waals surface area contributed by atoms with Gasteiger partial charge in [-0.3, -0.25) is 0 Å². The average molecular weight is 336 g/mol. The fourth-order valence-corrected chi connectivity index (χ4v) is 3.59. The van der Waals surface area contributed by atoms with Crippen LogP contribution in [0.4, 0.5) is 5.82 Å². The first kappa shape index (κ1) is 15.9. The van der Waals surface area contributed by atoms with Crippen LogP contribution in [0.2, 0.25) is 0 Å². The van der Waals surface area contributed by atoms with Gasteiger partial charge in [0.1, 0.15) is 11.6 Å². The summed E-state index contributed by atoms with van der Waals surface area (Å²) < 4.78 is 4.32. The van der Waals surface area contributed by atoms with Gasteiger partial charge in [-0.25, -0.2) is 15.0 Å². The van der Waals surface area contributed by atoms with Gasteiger partial charge in [-0.05, 0) is 37.3 Å². The van der Waals surface area contributed by atoms with E-state index in [-0.39, 0.29) is 0 Å². The number of aryl methyl sites for hydroxylation is 1. The van der Waals surface area contributed by atoms with Crippen molar-refractivity contribution < 1.29 is 0 Å². The van der Waals surface area contributed by atoms with Gasteiger partial charge in [-0.1, -0.05) is 6.07 Å². The molecule has 4 rings (SSSR count). The number of nitrogens with zero attached hydrogens (tertiary/aromatic N) is 6. The van der Waals surface area contributed by atoms with E-state index in [2.05, 4.69) is 49.3 Å². The van der Waals surface area contributed by atoms with E-state index in [1.54, 1.807) is 6.20 Å². The Morgan fingerprint density at radius 1 is 1.16 bits per heavy atom. The fourth-order valence-electron chi connectivity index (χ4n) is 3.59. The van der Waals surface area contributed by atoms with E-state index in [4.69, 9.17) is 4.98 Å². The largest absolute Gasteiger partial charge is 0.356 e. The van der Waals surface area contributed by atoms with Crippen LogP contribution in [0.5, 0.6) is 0 Å². The van der Waals surface area contributed by atoms with Crippen LogP contribution in [0.25, 0.3) is 0 Å². The van der Waals surface area contributed by atoms with Gasteiger partial charge < -0.3 is 14.0 Å². The third-order valence-corrected chi connectivity index (χ3v) is 4.95. The lowest BCUT2D eigenvalue weighted by Gasteiger charge is -2.34. The normalized spacial score (nSPS) is 17.8. The molecule has 0 amide bonds. The molecule has 6 nitrogen and oxygen atoms in total. The maximum atomic E-state index is 4.70. The molecule has 6 heteroatoms. The molecule has 0 radical (unpaired) electrons. The molecular formula is C19H24N6. The number of pyridine rings is 1. The van der Waals surface area contributed by atoms with Crippen LogP contribution in [0.1, 0.15) is 24.2 Å². The lowest BCUT2D eigenvalue weighted by molar-refractivity contribution is 0.362. The van der Waals surface area contributed by atoms with Crippen molar-refractivity contribution in [2.75, 3.05) is 18.0 Å². The number of rotatable bonds is 5. The monoisotopic (exact) mass is 336 g/mol. The van der Waals surface area contributed by atoms with E-state index in [0.29, 0.717) is 5.92 Å². The Labute approximate surface area is 148 Å². The Balaban J connectivity index is 1.40. The van der Waals surface area contributed by atoms with Crippen molar-refractivity contribution in [3.05, 3.63) is 60.8 Å². The second kappa shape index (κ2) is 7.09. The first-order valence-electron chi connectivity index (χ1n) is 8.91. The Morgan fingerprint density at radius 2 is 2.12 bits per heavy atom. The number of hydrogen-bond acceptors (Lipinski definition) is 4. The minimum absolute atomic E-state index is 0.647. The number of anilines is 1. The van der Waals surface area contributed by atoms with Gasteiger partial charge >= 0.3 is 0 Å². The summed E-state index contributed by atoms with van der Waals surface area (Å²) in [6.45, 7) is 6.08. The zero-order valence-corrected chi connectivity index (χ0v) is 14.6. The highest BCUT2D eigenvalue weighted by Gasteiger charge is 2.21. The summed E-state index contributed by atoms with van der Waals surface area (Å²) in [5.41, 5.74) is 1.20. The van der Waals surface area contributed by atoms with Gasteiger partial charge in [0.05, 0.1) is 6.33 Å². The van der Waals surface area contributed by atoms with E-state index in [1.165, 1.54) is 18.4 Å². The molecule has 3 aromatic rings. The molecule has 0 spiro atoms. The van der Waals surface area contributed by atoms with E-state index in [9.17, 15) is 0 Å². The molecule has 0 N–H and O–H groups in total. The van der Waals surface area contributed by atoms with Crippen LogP contribution in [0.3, 0.4) is 0 Å². The first-order valence-corrected chi connectivity index (χ1v) is 8.91. The quantitative estimate of drug-likeness (QED) is 0.719. The van der Waals surface area contributed by atoms with Crippen LogP contribution in [0.15, 0.2) is 49.4 Å². The summed E-state index contributed by atoms with van der Waals surface area (Å²) in [6, 6.07) is 4.32. The van der Waals surface area contributed by atoms with Crippen LogP contribution < -0.4 is 4.90 Å². The zero-order chi connectivity index (χ0) is 17.1. The molecule has 3 aromatic heterocycles. The van der Waals surface area contributed by atoms with E-state index >= 15 is 0 Å². The third kappa shape index (κ3) is 3.73. The third-order valence-electron chi connectivity index (χ3n) is 4.95. The average Bonchev–Trinajstić information content (AvgIpc) is 3.28. The smallest absolute Gasteiger partial charge is 0.128 e. The topological polar surface area (TPSA) is 51.8 Å². The molecule has 1 aliphatic heterocycles. The Kier molecular flexibility index (Phi) is 4.50. The molecule has 4 heterocycles. The number of aromatic nitrogens is 5. The van der Waals surface area contributed by atoms with E-state index in [0.717, 1.165) is 37.8 Å². The zero-order valence-electron chi connectivity index (χ0n) is 14.6. The molecule has 0 unspecified atom stereocenters. The van der Waals surface area contributed by atoms with E-state index < -0.39 is 0 Å². The van der Waals surface area contributed by atoms with Crippen molar-refractivity contribution in [1.29, 1.82) is 0 Å². The van der Waals surface area contributed by atoms with Gasteiger partial charge in [0, 0.05) is 57.2 Å². The predicted octanol–water partition coefficient (Wildman–Crippen LogP) is 2.75. The van der Waals surface area contributed by atoms with Crippen LogP contribution in [-0.2, 0) is 13.1 Å². The summed E-state index contributed by atoms with van der Waals surface area (Å²) in [5.74, 6) is 2.83. The predicted molar refractivity (Wildman–Crippen MR) is 97.5 cm³/mol. The second-order valence-electron chi connectivity index (χ2n) is 6.84. The first-order chi connectivity index (χ1) is 12.3.